The number of furan rings is 1. The van der Waals surface area contributed by atoms with Gasteiger partial charge in [0.25, 0.3) is 0 Å². The predicted molar refractivity (Wildman–Crippen MR) is 204 cm³/mol. The van der Waals surface area contributed by atoms with Gasteiger partial charge in [-0.1, -0.05) is 146 Å². The van der Waals surface area contributed by atoms with Gasteiger partial charge in [0.2, 0.25) is 0 Å². The molecule has 238 valence electrons. The molecule has 0 aliphatic heterocycles. The van der Waals surface area contributed by atoms with Crippen LogP contribution in [0.25, 0.3) is 89.5 Å². The van der Waals surface area contributed by atoms with E-state index in [1.165, 1.54) is 0 Å². The third-order valence-electron chi connectivity index (χ3n) is 9.22. The van der Waals surface area contributed by atoms with Gasteiger partial charge in [-0.25, -0.2) is 15.0 Å². The quantitative estimate of drug-likeness (QED) is 0.179. The normalized spacial score (nSPS) is 11.1. The number of nitriles is 1. The zero-order valence-corrected chi connectivity index (χ0v) is 27.4. The summed E-state index contributed by atoms with van der Waals surface area (Å²) >= 11 is 0. The summed E-state index contributed by atoms with van der Waals surface area (Å²) in [4.78, 5) is 14.7. The van der Waals surface area contributed by atoms with Gasteiger partial charge in [-0.2, -0.15) is 5.26 Å². The number of hydrogen-bond acceptors (Lipinski definition) is 5. The van der Waals surface area contributed by atoms with Crippen molar-refractivity contribution in [2.75, 3.05) is 0 Å². The number of nitrogens with zero attached hydrogens (tertiary/aromatic N) is 4. The molecule has 0 bridgehead atoms. The van der Waals surface area contributed by atoms with Crippen LogP contribution in [-0.4, -0.2) is 15.0 Å². The summed E-state index contributed by atoms with van der Waals surface area (Å²) < 4.78 is 6.65. The smallest absolute Gasteiger partial charge is 0.164 e. The number of para-hydroxylation sites is 1. The summed E-state index contributed by atoms with van der Waals surface area (Å²) in [6.45, 7) is 0. The molecule has 9 aromatic rings. The first kappa shape index (κ1) is 29.9. The van der Waals surface area contributed by atoms with E-state index in [4.69, 9.17) is 19.4 Å². The monoisotopic (exact) mass is 652 g/mol. The van der Waals surface area contributed by atoms with Gasteiger partial charge in [0.15, 0.2) is 17.5 Å². The molecule has 0 aliphatic carbocycles. The highest BCUT2D eigenvalue weighted by atomic mass is 16.3. The van der Waals surface area contributed by atoms with E-state index in [0.717, 1.165) is 72.0 Å². The largest absolute Gasteiger partial charge is 0.455 e. The van der Waals surface area contributed by atoms with Crippen molar-refractivity contribution < 1.29 is 4.42 Å². The third-order valence-corrected chi connectivity index (χ3v) is 9.22. The molecule has 0 spiro atoms. The molecule has 7 aromatic carbocycles. The Morgan fingerprint density at radius 1 is 0.392 bits per heavy atom. The van der Waals surface area contributed by atoms with Crippen LogP contribution in [0.1, 0.15) is 5.56 Å². The van der Waals surface area contributed by atoms with Crippen LogP contribution in [0.2, 0.25) is 0 Å². The van der Waals surface area contributed by atoms with E-state index in [9.17, 15) is 5.26 Å². The lowest BCUT2D eigenvalue weighted by Gasteiger charge is -2.16. The summed E-state index contributed by atoms with van der Waals surface area (Å²) in [5.74, 6) is 1.84. The number of aromatic nitrogens is 3. The molecular weight excluding hydrogens is 625 g/mol. The Labute approximate surface area is 294 Å². The fraction of sp³-hybridized carbons (Fsp3) is 0. The van der Waals surface area contributed by atoms with Crippen LogP contribution >= 0.6 is 0 Å². The lowest BCUT2D eigenvalue weighted by Crippen LogP contribution is -2.00. The van der Waals surface area contributed by atoms with E-state index in [1.54, 1.807) is 0 Å². The molecule has 5 nitrogen and oxygen atoms in total. The molecule has 2 heterocycles. The molecule has 51 heavy (non-hydrogen) atoms. The maximum Gasteiger partial charge on any atom is 0.164 e. The fourth-order valence-corrected chi connectivity index (χ4v) is 6.72. The van der Waals surface area contributed by atoms with E-state index in [-0.39, 0.29) is 0 Å². The molecule has 0 N–H and O–H groups in total. The Morgan fingerprint density at radius 3 is 1.53 bits per heavy atom. The van der Waals surface area contributed by atoms with Crippen molar-refractivity contribution in [2.45, 2.75) is 0 Å². The van der Waals surface area contributed by atoms with E-state index >= 15 is 0 Å². The van der Waals surface area contributed by atoms with Crippen molar-refractivity contribution in [3.8, 4) is 73.6 Å². The van der Waals surface area contributed by atoms with Crippen molar-refractivity contribution in [2.24, 2.45) is 0 Å². The van der Waals surface area contributed by atoms with Crippen LogP contribution in [0, 0.1) is 11.3 Å². The standard InChI is InChI=1S/C46H28N4O/c47-29-30-19-21-31(22-20-30)36-15-7-8-16-37(36)39-27-28-40-38-17-9-10-18-41(38)51-43(40)42(39)32-23-25-35(26-24-32)46-49-44(33-11-3-1-4-12-33)48-45(50-46)34-13-5-2-6-14-34/h1-28H. The summed E-state index contributed by atoms with van der Waals surface area (Å²) in [5.41, 5.74) is 11.3. The van der Waals surface area contributed by atoms with Crippen LogP contribution in [0.5, 0.6) is 0 Å². The average molecular weight is 653 g/mol. The molecule has 0 fully saturated rings. The minimum atomic E-state index is 0.600. The first-order valence-electron chi connectivity index (χ1n) is 16.8. The lowest BCUT2D eigenvalue weighted by molar-refractivity contribution is 0.670. The van der Waals surface area contributed by atoms with Crippen molar-refractivity contribution in [3.05, 3.63) is 175 Å². The molecule has 0 radical (unpaired) electrons. The Hall–Kier alpha value is -7.16. The Morgan fingerprint density at radius 2 is 0.902 bits per heavy atom. The second-order valence-electron chi connectivity index (χ2n) is 12.3. The zero-order valence-electron chi connectivity index (χ0n) is 27.4. The highest BCUT2D eigenvalue weighted by Gasteiger charge is 2.20. The highest BCUT2D eigenvalue weighted by Crippen LogP contribution is 2.45. The molecule has 0 amide bonds. The molecule has 5 heteroatoms. The van der Waals surface area contributed by atoms with E-state index in [1.807, 2.05) is 109 Å². The summed E-state index contributed by atoms with van der Waals surface area (Å²) in [5, 5.41) is 11.5. The van der Waals surface area contributed by atoms with Crippen molar-refractivity contribution in [1.29, 1.82) is 5.26 Å². The molecule has 0 saturated heterocycles. The molecule has 9 rings (SSSR count). The minimum absolute atomic E-state index is 0.600. The van der Waals surface area contributed by atoms with Gasteiger partial charge in [0, 0.05) is 33.0 Å². The van der Waals surface area contributed by atoms with Crippen LogP contribution < -0.4 is 0 Å². The second-order valence-corrected chi connectivity index (χ2v) is 12.3. The molecule has 0 atom stereocenters. The summed E-state index contributed by atoms with van der Waals surface area (Å²) in [6, 6.07) is 59.3. The maximum absolute atomic E-state index is 9.41. The fourth-order valence-electron chi connectivity index (χ4n) is 6.72. The van der Waals surface area contributed by atoms with Crippen molar-refractivity contribution in [3.63, 3.8) is 0 Å². The zero-order chi connectivity index (χ0) is 34.1. The Balaban J connectivity index is 1.22. The minimum Gasteiger partial charge on any atom is -0.455 e. The Bertz CT molecular complexity index is 2670. The van der Waals surface area contributed by atoms with Crippen LogP contribution in [-0.2, 0) is 0 Å². The van der Waals surface area contributed by atoms with Gasteiger partial charge in [-0.05, 0) is 52.1 Å². The van der Waals surface area contributed by atoms with E-state index < -0.39 is 0 Å². The number of hydrogen-bond donors (Lipinski definition) is 0. The molecule has 0 saturated carbocycles. The van der Waals surface area contributed by atoms with Gasteiger partial charge in [-0.3, -0.25) is 0 Å². The number of benzene rings is 7. The molecule has 0 unspecified atom stereocenters. The summed E-state index contributed by atoms with van der Waals surface area (Å²) in [7, 11) is 0. The topological polar surface area (TPSA) is 75.6 Å². The first-order chi connectivity index (χ1) is 25.2. The van der Waals surface area contributed by atoms with Crippen LogP contribution in [0.3, 0.4) is 0 Å². The van der Waals surface area contributed by atoms with Gasteiger partial charge in [0.1, 0.15) is 11.2 Å². The van der Waals surface area contributed by atoms with Crippen molar-refractivity contribution in [1.82, 2.24) is 15.0 Å². The molecular formula is C46H28N4O. The van der Waals surface area contributed by atoms with Gasteiger partial charge in [-0.15, -0.1) is 0 Å². The lowest BCUT2D eigenvalue weighted by atomic mass is 9.88. The van der Waals surface area contributed by atoms with E-state index in [0.29, 0.717) is 23.0 Å². The number of fused-ring (bicyclic) bond motifs is 3. The number of rotatable bonds is 6. The Kier molecular flexibility index (Phi) is 7.46. The predicted octanol–water partition coefficient (Wildman–Crippen LogP) is 11.6. The van der Waals surface area contributed by atoms with Gasteiger partial charge >= 0.3 is 0 Å². The van der Waals surface area contributed by atoms with Crippen LogP contribution in [0.4, 0.5) is 0 Å². The maximum atomic E-state index is 9.41. The first-order valence-corrected chi connectivity index (χ1v) is 16.8. The molecule has 2 aromatic heterocycles. The van der Waals surface area contributed by atoms with Gasteiger partial charge in [0.05, 0.1) is 11.6 Å². The highest BCUT2D eigenvalue weighted by molar-refractivity contribution is 6.13. The molecule has 0 aliphatic rings. The average Bonchev–Trinajstić information content (AvgIpc) is 3.60. The summed E-state index contributed by atoms with van der Waals surface area (Å²) in [6.07, 6.45) is 0. The second kappa shape index (κ2) is 12.7. The van der Waals surface area contributed by atoms with E-state index in [2.05, 4.69) is 66.7 Å². The third kappa shape index (κ3) is 5.51. The SMILES string of the molecule is N#Cc1ccc(-c2ccccc2-c2ccc3c(oc4ccccc43)c2-c2ccc(-c3nc(-c4ccccc4)nc(-c4ccccc4)n3)cc2)cc1. The van der Waals surface area contributed by atoms with Gasteiger partial charge < -0.3 is 4.42 Å². The van der Waals surface area contributed by atoms with Crippen LogP contribution in [0.15, 0.2) is 174 Å². The van der Waals surface area contributed by atoms with Crippen molar-refractivity contribution >= 4 is 21.9 Å².